The third kappa shape index (κ3) is 5.16. The highest BCUT2D eigenvalue weighted by Gasteiger charge is 2.15. The third-order valence-corrected chi connectivity index (χ3v) is 1.76. The lowest BCUT2D eigenvalue weighted by Crippen LogP contribution is -2.40. The largest absolute Gasteiger partial charge is 0.465 e. The average Bonchev–Trinajstić information content (AvgIpc) is 2.19. The zero-order chi connectivity index (χ0) is 11.0. The molecule has 1 N–H and O–H groups in total. The van der Waals surface area contributed by atoms with Crippen molar-refractivity contribution in [3.63, 3.8) is 0 Å². The molecule has 0 aliphatic carbocycles. The van der Waals surface area contributed by atoms with E-state index in [1.54, 1.807) is 28.1 Å². The first kappa shape index (κ1) is 13.4. The Kier molecular flexibility index (Phi) is 7.37. The lowest BCUT2D eigenvalue weighted by molar-refractivity contribution is -0.146. The summed E-state index contributed by atoms with van der Waals surface area (Å²) in [5.74, 6) is -0.265. The molecule has 0 radical (unpaired) electrons. The van der Waals surface area contributed by atoms with Crippen molar-refractivity contribution in [1.82, 2.24) is 5.32 Å². The third-order valence-electron chi connectivity index (χ3n) is 1.76. The predicted molar refractivity (Wildman–Crippen MR) is 51.9 cm³/mol. The van der Waals surface area contributed by atoms with Gasteiger partial charge >= 0.3 is 5.97 Å². The molecular weight excluding hydrogens is 186 g/mol. The lowest BCUT2D eigenvalue weighted by atomic mass is 10.3. The molecule has 0 amide bonds. The van der Waals surface area contributed by atoms with Crippen molar-refractivity contribution >= 4 is 5.97 Å². The molecule has 1 atom stereocenters. The number of hydrogen-bond donors (Lipinski definition) is 1. The van der Waals surface area contributed by atoms with Crippen molar-refractivity contribution in [3.8, 4) is 0 Å². The van der Waals surface area contributed by atoms with Crippen LogP contribution in [0.15, 0.2) is 0 Å². The van der Waals surface area contributed by atoms with Gasteiger partial charge in [0, 0.05) is 20.8 Å². The Morgan fingerprint density at radius 2 is 1.93 bits per heavy atom. The molecule has 0 aliphatic rings. The van der Waals surface area contributed by atoms with Crippen LogP contribution >= 0.6 is 0 Å². The van der Waals surface area contributed by atoms with E-state index in [0.29, 0.717) is 13.2 Å². The van der Waals surface area contributed by atoms with Crippen LogP contribution in [0.1, 0.15) is 13.8 Å². The van der Waals surface area contributed by atoms with Crippen molar-refractivity contribution in [3.05, 3.63) is 0 Å². The quantitative estimate of drug-likeness (QED) is 0.473. The van der Waals surface area contributed by atoms with Crippen LogP contribution < -0.4 is 5.32 Å². The van der Waals surface area contributed by atoms with Crippen LogP contribution in [0.4, 0.5) is 0 Å². The summed E-state index contributed by atoms with van der Waals surface area (Å²) in [6.45, 7) is 4.36. The molecule has 0 rings (SSSR count). The van der Waals surface area contributed by atoms with Crippen molar-refractivity contribution < 1.29 is 19.0 Å². The van der Waals surface area contributed by atoms with Crippen LogP contribution in [0.2, 0.25) is 0 Å². The Balaban J connectivity index is 3.71. The molecule has 0 fully saturated rings. The molecule has 0 spiro atoms. The van der Waals surface area contributed by atoms with Crippen LogP contribution in [0.25, 0.3) is 0 Å². The van der Waals surface area contributed by atoms with Gasteiger partial charge in [0.25, 0.3) is 0 Å². The number of esters is 1. The summed E-state index contributed by atoms with van der Waals surface area (Å²) >= 11 is 0. The molecule has 0 aromatic carbocycles. The van der Waals surface area contributed by atoms with Crippen molar-refractivity contribution in [1.29, 1.82) is 0 Å². The zero-order valence-corrected chi connectivity index (χ0v) is 9.20. The van der Waals surface area contributed by atoms with Gasteiger partial charge in [-0.2, -0.15) is 0 Å². The fraction of sp³-hybridized carbons (Fsp3) is 0.889. The summed E-state index contributed by atoms with van der Waals surface area (Å²) in [5.41, 5.74) is 0. The first-order chi connectivity index (χ1) is 6.65. The van der Waals surface area contributed by atoms with E-state index in [2.05, 4.69) is 5.32 Å². The van der Waals surface area contributed by atoms with Crippen LogP contribution in [0, 0.1) is 0 Å². The first-order valence-electron chi connectivity index (χ1n) is 4.61. The van der Waals surface area contributed by atoms with Gasteiger partial charge in [0.05, 0.1) is 6.61 Å². The van der Waals surface area contributed by atoms with Gasteiger partial charge in [-0.1, -0.05) is 0 Å². The number of nitrogens with one attached hydrogen (secondary N) is 1. The standard InChI is InChI=1S/C9H19NO4/c1-5-14-9(11)7(2)10-6-8(12-3)13-4/h7-8,10H,5-6H2,1-4H3/t7-/m0/s1. The first-order valence-corrected chi connectivity index (χ1v) is 4.61. The van der Waals surface area contributed by atoms with Crippen LogP contribution in [0.3, 0.4) is 0 Å². The van der Waals surface area contributed by atoms with Gasteiger partial charge in [0.2, 0.25) is 0 Å². The summed E-state index contributed by atoms with van der Waals surface area (Å²) in [7, 11) is 3.09. The number of ether oxygens (including phenoxy) is 3. The average molecular weight is 205 g/mol. The minimum absolute atomic E-state index is 0.265. The number of rotatable bonds is 7. The topological polar surface area (TPSA) is 56.8 Å². The molecule has 5 heteroatoms. The monoisotopic (exact) mass is 205 g/mol. The predicted octanol–water partition coefficient (Wildman–Crippen LogP) is 0.147. The maximum atomic E-state index is 11.2. The van der Waals surface area contributed by atoms with Gasteiger partial charge in [-0.3, -0.25) is 10.1 Å². The molecule has 0 unspecified atom stereocenters. The molecule has 0 saturated heterocycles. The highest BCUT2D eigenvalue weighted by molar-refractivity contribution is 5.75. The minimum atomic E-state index is -0.345. The van der Waals surface area contributed by atoms with Crippen LogP contribution in [-0.4, -0.2) is 45.7 Å². The Bertz CT molecular complexity index is 159. The fourth-order valence-electron chi connectivity index (χ4n) is 0.886. The minimum Gasteiger partial charge on any atom is -0.465 e. The SMILES string of the molecule is CCOC(=O)[C@H](C)NCC(OC)OC. The summed E-state index contributed by atoms with van der Waals surface area (Å²) in [5, 5.41) is 2.94. The molecule has 5 nitrogen and oxygen atoms in total. The molecule has 0 aromatic rings. The number of hydrogen-bond acceptors (Lipinski definition) is 5. The Morgan fingerprint density at radius 3 is 2.36 bits per heavy atom. The maximum Gasteiger partial charge on any atom is 0.322 e. The number of carbonyl (C=O) groups excluding carboxylic acids is 1. The molecule has 14 heavy (non-hydrogen) atoms. The van der Waals surface area contributed by atoms with Gasteiger partial charge in [-0.05, 0) is 13.8 Å². The Hall–Kier alpha value is -0.650. The number of carbonyl (C=O) groups is 1. The highest BCUT2D eigenvalue weighted by Crippen LogP contribution is 1.92. The van der Waals surface area contributed by atoms with Crippen LogP contribution in [-0.2, 0) is 19.0 Å². The molecule has 0 bridgehead atoms. The second kappa shape index (κ2) is 7.73. The van der Waals surface area contributed by atoms with Gasteiger partial charge in [0.1, 0.15) is 6.04 Å². The molecule has 0 saturated carbocycles. The second-order valence-corrected chi connectivity index (χ2v) is 2.78. The fourth-order valence-corrected chi connectivity index (χ4v) is 0.886. The highest BCUT2D eigenvalue weighted by atomic mass is 16.7. The second-order valence-electron chi connectivity index (χ2n) is 2.78. The Labute approximate surface area is 84.7 Å². The maximum absolute atomic E-state index is 11.2. The molecular formula is C9H19NO4. The van der Waals surface area contributed by atoms with E-state index in [1.165, 1.54) is 0 Å². The Morgan fingerprint density at radius 1 is 1.36 bits per heavy atom. The smallest absolute Gasteiger partial charge is 0.322 e. The van der Waals surface area contributed by atoms with Gasteiger partial charge in [0.15, 0.2) is 6.29 Å². The lowest BCUT2D eigenvalue weighted by Gasteiger charge is -2.17. The zero-order valence-electron chi connectivity index (χ0n) is 9.20. The van der Waals surface area contributed by atoms with Crippen molar-refractivity contribution in [2.75, 3.05) is 27.4 Å². The van der Waals surface area contributed by atoms with E-state index in [9.17, 15) is 4.79 Å². The van der Waals surface area contributed by atoms with Gasteiger partial charge in [-0.15, -0.1) is 0 Å². The van der Waals surface area contributed by atoms with Crippen LogP contribution in [0.5, 0.6) is 0 Å². The van der Waals surface area contributed by atoms with E-state index in [-0.39, 0.29) is 18.3 Å². The summed E-state index contributed by atoms with van der Waals surface area (Å²) < 4.78 is 14.7. The van der Waals surface area contributed by atoms with Gasteiger partial charge < -0.3 is 14.2 Å². The van der Waals surface area contributed by atoms with E-state index < -0.39 is 0 Å². The normalized spacial score (nSPS) is 12.9. The molecule has 84 valence electrons. The molecule has 0 aliphatic heterocycles. The van der Waals surface area contributed by atoms with Crippen molar-refractivity contribution in [2.24, 2.45) is 0 Å². The molecule has 0 aromatic heterocycles. The van der Waals surface area contributed by atoms with Crippen molar-refractivity contribution in [2.45, 2.75) is 26.2 Å². The van der Waals surface area contributed by atoms with E-state index in [4.69, 9.17) is 14.2 Å². The van der Waals surface area contributed by atoms with E-state index >= 15 is 0 Å². The number of methoxy groups -OCH3 is 2. The van der Waals surface area contributed by atoms with E-state index in [1.807, 2.05) is 0 Å². The van der Waals surface area contributed by atoms with E-state index in [0.717, 1.165) is 0 Å². The summed E-state index contributed by atoms with van der Waals surface area (Å²) in [4.78, 5) is 11.2. The van der Waals surface area contributed by atoms with Gasteiger partial charge in [-0.25, -0.2) is 0 Å². The molecule has 0 heterocycles. The summed E-state index contributed by atoms with van der Waals surface area (Å²) in [6, 6.07) is -0.345. The summed E-state index contributed by atoms with van der Waals surface area (Å²) in [6.07, 6.45) is -0.341.